The van der Waals surface area contributed by atoms with Gasteiger partial charge in [0.2, 0.25) is 15.9 Å². The van der Waals surface area contributed by atoms with Crippen LogP contribution in [-0.4, -0.2) is 33.5 Å². The van der Waals surface area contributed by atoms with E-state index in [9.17, 15) is 13.2 Å². The molecule has 0 fully saturated rings. The van der Waals surface area contributed by atoms with Gasteiger partial charge in [0.05, 0.1) is 11.5 Å². The zero-order valence-corrected chi connectivity index (χ0v) is 19.0. The van der Waals surface area contributed by atoms with E-state index in [0.29, 0.717) is 24.8 Å². The Morgan fingerprint density at radius 2 is 1.80 bits per heavy atom. The maximum absolute atomic E-state index is 13.0. The van der Waals surface area contributed by atoms with Crippen molar-refractivity contribution in [3.63, 3.8) is 0 Å². The molecule has 0 radical (unpaired) electrons. The average molecular weight is 433 g/mol. The normalized spacial score (nSPS) is 12.6. The Bertz CT molecular complexity index is 927. The number of sulfonamides is 1. The van der Waals surface area contributed by atoms with Crippen molar-refractivity contribution < 1.29 is 17.9 Å². The third-order valence-electron chi connectivity index (χ3n) is 4.67. The molecule has 164 valence electrons. The molecule has 2 aromatic rings. The van der Waals surface area contributed by atoms with Crippen LogP contribution in [0.5, 0.6) is 5.75 Å². The third-order valence-corrected chi connectivity index (χ3v) is 6.14. The molecule has 0 saturated carbocycles. The maximum Gasteiger partial charge on any atom is 0.241 e. The fourth-order valence-corrected chi connectivity index (χ4v) is 4.29. The molecule has 7 heteroatoms. The quantitative estimate of drug-likeness (QED) is 0.570. The van der Waals surface area contributed by atoms with Crippen molar-refractivity contribution in [1.82, 2.24) is 10.0 Å². The highest BCUT2D eigenvalue weighted by Crippen LogP contribution is 2.22. The molecule has 0 aliphatic rings. The number of carbonyl (C=O) groups excluding carboxylic acids is 1. The standard InChI is InChI=1S/C23H32N2O4S/c1-5-29-22-12-11-20(15-18(22)4)30(27,28)25-21(16-19-9-7-6-8-10-19)23(26)24-14-13-17(2)3/h6-12,15,17,21,25H,5,13-14,16H2,1-4H3,(H,24,26)/t21-/m0/s1. The van der Waals surface area contributed by atoms with Crippen LogP contribution in [0.2, 0.25) is 0 Å². The van der Waals surface area contributed by atoms with E-state index in [1.807, 2.05) is 37.3 Å². The van der Waals surface area contributed by atoms with Crippen molar-refractivity contribution in [2.24, 2.45) is 5.92 Å². The first kappa shape index (κ1) is 23.9. The van der Waals surface area contributed by atoms with E-state index in [1.54, 1.807) is 19.1 Å². The maximum atomic E-state index is 13.0. The van der Waals surface area contributed by atoms with Gasteiger partial charge in [-0.3, -0.25) is 4.79 Å². The van der Waals surface area contributed by atoms with Gasteiger partial charge in [0.15, 0.2) is 0 Å². The largest absolute Gasteiger partial charge is 0.494 e. The van der Waals surface area contributed by atoms with Gasteiger partial charge in [0, 0.05) is 6.54 Å². The second kappa shape index (κ2) is 11.1. The Kier molecular flexibility index (Phi) is 8.87. The SMILES string of the molecule is CCOc1ccc(S(=O)(=O)N[C@@H](Cc2ccccc2)C(=O)NCCC(C)C)cc1C. The lowest BCUT2D eigenvalue weighted by Gasteiger charge is -2.19. The topological polar surface area (TPSA) is 84.5 Å². The number of rotatable bonds is 11. The summed E-state index contributed by atoms with van der Waals surface area (Å²) in [6.45, 7) is 8.82. The predicted molar refractivity (Wildman–Crippen MR) is 119 cm³/mol. The number of hydrogen-bond acceptors (Lipinski definition) is 4. The summed E-state index contributed by atoms with van der Waals surface area (Å²) in [5.41, 5.74) is 1.60. The van der Waals surface area contributed by atoms with Gasteiger partial charge in [-0.25, -0.2) is 8.42 Å². The number of hydrogen-bond donors (Lipinski definition) is 2. The minimum Gasteiger partial charge on any atom is -0.494 e. The van der Waals surface area contributed by atoms with E-state index >= 15 is 0 Å². The lowest BCUT2D eigenvalue weighted by molar-refractivity contribution is -0.122. The van der Waals surface area contributed by atoms with Crippen LogP contribution in [0, 0.1) is 12.8 Å². The van der Waals surface area contributed by atoms with Crippen LogP contribution in [0.4, 0.5) is 0 Å². The molecule has 6 nitrogen and oxygen atoms in total. The number of aryl methyl sites for hydroxylation is 1. The van der Waals surface area contributed by atoms with Gasteiger partial charge >= 0.3 is 0 Å². The second-order valence-corrected chi connectivity index (χ2v) is 9.41. The monoisotopic (exact) mass is 432 g/mol. The number of carbonyl (C=O) groups is 1. The van der Waals surface area contributed by atoms with E-state index in [0.717, 1.165) is 17.5 Å². The van der Waals surface area contributed by atoms with Gasteiger partial charge in [-0.1, -0.05) is 44.2 Å². The van der Waals surface area contributed by atoms with Crippen molar-refractivity contribution in [1.29, 1.82) is 0 Å². The summed E-state index contributed by atoms with van der Waals surface area (Å²) in [6, 6.07) is 13.2. The molecule has 1 atom stereocenters. The second-order valence-electron chi connectivity index (χ2n) is 7.70. The van der Waals surface area contributed by atoms with Gasteiger partial charge in [0.25, 0.3) is 0 Å². The molecule has 0 saturated heterocycles. The Balaban J connectivity index is 2.22. The summed E-state index contributed by atoms with van der Waals surface area (Å²) >= 11 is 0. The van der Waals surface area contributed by atoms with Crippen LogP contribution < -0.4 is 14.8 Å². The van der Waals surface area contributed by atoms with E-state index in [2.05, 4.69) is 23.9 Å². The van der Waals surface area contributed by atoms with Crippen LogP contribution >= 0.6 is 0 Å². The lowest BCUT2D eigenvalue weighted by atomic mass is 10.1. The Morgan fingerprint density at radius 1 is 1.10 bits per heavy atom. The highest BCUT2D eigenvalue weighted by molar-refractivity contribution is 7.89. The summed E-state index contributed by atoms with van der Waals surface area (Å²) in [6.07, 6.45) is 1.10. The minimum absolute atomic E-state index is 0.108. The van der Waals surface area contributed by atoms with Crippen molar-refractivity contribution >= 4 is 15.9 Å². The fraction of sp³-hybridized carbons (Fsp3) is 0.435. The van der Waals surface area contributed by atoms with Gasteiger partial charge in [-0.2, -0.15) is 4.72 Å². The van der Waals surface area contributed by atoms with Crippen molar-refractivity contribution in [2.45, 2.75) is 51.5 Å². The molecule has 0 aliphatic carbocycles. The Morgan fingerprint density at radius 3 is 2.40 bits per heavy atom. The predicted octanol–water partition coefficient (Wildman–Crippen LogP) is 3.45. The molecule has 0 aromatic heterocycles. The molecule has 0 unspecified atom stereocenters. The van der Waals surface area contributed by atoms with Crippen molar-refractivity contribution in [2.75, 3.05) is 13.2 Å². The van der Waals surface area contributed by atoms with Gasteiger partial charge < -0.3 is 10.1 Å². The molecule has 0 bridgehead atoms. The van der Waals surface area contributed by atoms with E-state index in [1.165, 1.54) is 6.07 Å². The number of amides is 1. The molecule has 2 aromatic carbocycles. The van der Waals surface area contributed by atoms with Gasteiger partial charge in [-0.05, 0) is 61.9 Å². The first-order valence-electron chi connectivity index (χ1n) is 10.3. The van der Waals surface area contributed by atoms with Crippen LogP contribution in [0.15, 0.2) is 53.4 Å². The smallest absolute Gasteiger partial charge is 0.241 e. The molecule has 0 aliphatic heterocycles. The van der Waals surface area contributed by atoms with Crippen LogP contribution in [-0.2, 0) is 21.2 Å². The Hall–Kier alpha value is -2.38. The first-order valence-corrected chi connectivity index (χ1v) is 11.8. The summed E-state index contributed by atoms with van der Waals surface area (Å²) in [5.74, 6) is 0.760. The molecule has 2 rings (SSSR count). The summed E-state index contributed by atoms with van der Waals surface area (Å²) in [5, 5.41) is 2.86. The highest BCUT2D eigenvalue weighted by Gasteiger charge is 2.26. The molecule has 0 heterocycles. The summed E-state index contributed by atoms with van der Waals surface area (Å²) in [7, 11) is -3.89. The zero-order valence-electron chi connectivity index (χ0n) is 18.1. The zero-order chi connectivity index (χ0) is 22.1. The highest BCUT2D eigenvalue weighted by atomic mass is 32.2. The number of benzene rings is 2. The molecule has 2 N–H and O–H groups in total. The van der Waals surface area contributed by atoms with E-state index < -0.39 is 16.1 Å². The molecular weight excluding hydrogens is 400 g/mol. The third kappa shape index (κ3) is 7.15. The summed E-state index contributed by atoms with van der Waals surface area (Å²) < 4.78 is 34.1. The molecule has 30 heavy (non-hydrogen) atoms. The van der Waals surface area contributed by atoms with Gasteiger partial charge in [-0.15, -0.1) is 0 Å². The van der Waals surface area contributed by atoms with E-state index in [-0.39, 0.29) is 17.2 Å². The fourth-order valence-electron chi connectivity index (χ4n) is 3.01. The van der Waals surface area contributed by atoms with Gasteiger partial charge in [0.1, 0.15) is 11.8 Å². The average Bonchev–Trinajstić information content (AvgIpc) is 2.69. The van der Waals surface area contributed by atoms with Crippen LogP contribution in [0.1, 0.15) is 38.3 Å². The van der Waals surface area contributed by atoms with Crippen molar-refractivity contribution in [3.05, 3.63) is 59.7 Å². The van der Waals surface area contributed by atoms with Crippen LogP contribution in [0.25, 0.3) is 0 Å². The summed E-state index contributed by atoms with van der Waals surface area (Å²) in [4.78, 5) is 12.9. The minimum atomic E-state index is -3.89. The molecular formula is C23H32N2O4S. The van der Waals surface area contributed by atoms with Crippen LogP contribution in [0.3, 0.4) is 0 Å². The molecule has 1 amide bonds. The van der Waals surface area contributed by atoms with E-state index in [4.69, 9.17) is 4.74 Å². The number of ether oxygens (including phenoxy) is 1. The number of nitrogens with one attached hydrogen (secondary N) is 2. The Labute approximate surface area is 180 Å². The lowest BCUT2D eigenvalue weighted by Crippen LogP contribution is -2.48. The molecule has 0 spiro atoms. The van der Waals surface area contributed by atoms with Crippen molar-refractivity contribution in [3.8, 4) is 5.75 Å². The first-order chi connectivity index (χ1) is 14.2.